The number of hydrogen-bond donors (Lipinski definition) is 1. The van der Waals surface area contributed by atoms with E-state index in [1.54, 1.807) is 24.1 Å². The summed E-state index contributed by atoms with van der Waals surface area (Å²) in [7, 11) is 3.09. The highest BCUT2D eigenvalue weighted by Crippen LogP contribution is 2.32. The number of benzene rings is 1. The lowest BCUT2D eigenvalue weighted by atomic mass is 9.80. The number of amides is 1. The highest BCUT2D eigenvalue weighted by molar-refractivity contribution is 5.95. The fourth-order valence-electron chi connectivity index (χ4n) is 3.51. The topological polar surface area (TPSA) is 76.1 Å². The monoisotopic (exact) mass is 335 g/mol. The van der Waals surface area contributed by atoms with Gasteiger partial charge in [-0.15, -0.1) is 0 Å². The number of carboxylic acids is 1. The molecule has 0 spiro atoms. The Morgan fingerprint density at radius 1 is 1.25 bits per heavy atom. The van der Waals surface area contributed by atoms with E-state index in [9.17, 15) is 14.7 Å². The van der Waals surface area contributed by atoms with Crippen molar-refractivity contribution in [2.24, 2.45) is 5.41 Å². The van der Waals surface area contributed by atoms with Crippen molar-refractivity contribution in [1.29, 1.82) is 0 Å². The van der Waals surface area contributed by atoms with Gasteiger partial charge in [-0.2, -0.15) is 0 Å². The number of piperidine rings is 1. The van der Waals surface area contributed by atoms with E-state index < -0.39 is 11.4 Å². The summed E-state index contributed by atoms with van der Waals surface area (Å²) in [6.45, 7) is 4.62. The van der Waals surface area contributed by atoms with Crippen LogP contribution in [-0.4, -0.2) is 55.8 Å². The van der Waals surface area contributed by atoms with Crippen molar-refractivity contribution < 1.29 is 24.2 Å². The minimum absolute atomic E-state index is 0.104. The van der Waals surface area contributed by atoms with Gasteiger partial charge in [0.2, 0.25) is 0 Å². The average molecular weight is 335 g/mol. The normalized spacial score (nSPS) is 20.8. The molecule has 1 heterocycles. The lowest BCUT2D eigenvalue weighted by Crippen LogP contribution is -2.52. The minimum Gasteiger partial charge on any atom is -0.496 e. The zero-order valence-electron chi connectivity index (χ0n) is 14.7. The summed E-state index contributed by atoms with van der Waals surface area (Å²) in [6, 6.07) is 3.59. The number of rotatable bonds is 5. The zero-order chi connectivity index (χ0) is 17.9. The van der Waals surface area contributed by atoms with Gasteiger partial charge < -0.3 is 19.5 Å². The van der Waals surface area contributed by atoms with Gasteiger partial charge in [0.25, 0.3) is 5.91 Å². The van der Waals surface area contributed by atoms with Gasteiger partial charge in [-0.05, 0) is 49.9 Å². The van der Waals surface area contributed by atoms with Crippen LogP contribution in [0.5, 0.6) is 5.75 Å². The molecule has 1 saturated heterocycles. The number of likely N-dealkylation sites (tertiary alicyclic amines) is 1. The number of carboxylic acid groups (broad SMARTS) is 1. The summed E-state index contributed by atoms with van der Waals surface area (Å²) in [5, 5.41) is 9.61. The maximum absolute atomic E-state index is 12.9. The smallest absolute Gasteiger partial charge is 0.313 e. The molecule has 1 aliphatic heterocycles. The van der Waals surface area contributed by atoms with Crippen LogP contribution in [0.3, 0.4) is 0 Å². The Morgan fingerprint density at radius 2 is 1.88 bits per heavy atom. The number of hydrogen-bond acceptors (Lipinski definition) is 4. The molecule has 1 N–H and O–H groups in total. The average Bonchev–Trinajstić information content (AvgIpc) is 2.54. The Labute approximate surface area is 142 Å². The maximum Gasteiger partial charge on any atom is 0.313 e. The van der Waals surface area contributed by atoms with Gasteiger partial charge >= 0.3 is 5.97 Å². The van der Waals surface area contributed by atoms with E-state index in [0.717, 1.165) is 16.9 Å². The molecular formula is C18H25NO5. The first kappa shape index (κ1) is 18.3. The molecule has 24 heavy (non-hydrogen) atoms. The highest BCUT2D eigenvalue weighted by atomic mass is 16.5. The van der Waals surface area contributed by atoms with Gasteiger partial charge in [0.15, 0.2) is 0 Å². The van der Waals surface area contributed by atoms with Gasteiger partial charge in [-0.3, -0.25) is 9.59 Å². The molecule has 6 nitrogen and oxygen atoms in total. The van der Waals surface area contributed by atoms with Crippen LogP contribution >= 0.6 is 0 Å². The molecule has 1 fully saturated rings. The molecule has 0 radical (unpaired) electrons. The Hall–Kier alpha value is -2.08. The van der Waals surface area contributed by atoms with Crippen molar-refractivity contribution in [3.63, 3.8) is 0 Å². The van der Waals surface area contributed by atoms with Crippen LogP contribution in [0.1, 0.15) is 34.3 Å². The second kappa shape index (κ2) is 7.21. The van der Waals surface area contributed by atoms with Crippen LogP contribution in [0, 0.1) is 19.3 Å². The number of ether oxygens (including phenoxy) is 2. The molecule has 0 bridgehead atoms. The van der Waals surface area contributed by atoms with Crippen LogP contribution in [0.2, 0.25) is 0 Å². The minimum atomic E-state index is -1.03. The standard InChI is InChI=1S/C18H25NO5/c1-12-8-14(9-13(2)15(12)24-4)16(20)19-7-5-6-18(10-19,11-23-3)17(21)22/h8-9H,5-7,10-11H2,1-4H3,(H,21,22)/t18-/m0/s1. The summed E-state index contributed by atoms with van der Waals surface area (Å²) in [4.78, 5) is 26.2. The Balaban J connectivity index is 2.28. The Bertz CT molecular complexity index is 615. The summed E-state index contributed by atoms with van der Waals surface area (Å²) in [6.07, 6.45) is 1.16. The van der Waals surface area contributed by atoms with Crippen LogP contribution in [0.25, 0.3) is 0 Å². The van der Waals surface area contributed by atoms with E-state index in [-0.39, 0.29) is 19.1 Å². The number of nitrogens with zero attached hydrogens (tertiary/aromatic N) is 1. The van der Waals surface area contributed by atoms with Crippen molar-refractivity contribution in [3.05, 3.63) is 28.8 Å². The lowest BCUT2D eigenvalue weighted by Gasteiger charge is -2.39. The van der Waals surface area contributed by atoms with E-state index in [4.69, 9.17) is 9.47 Å². The van der Waals surface area contributed by atoms with Crippen LogP contribution in [0.15, 0.2) is 12.1 Å². The Kier molecular flexibility index (Phi) is 5.49. The quantitative estimate of drug-likeness (QED) is 0.893. The van der Waals surface area contributed by atoms with E-state index in [0.29, 0.717) is 24.9 Å². The lowest BCUT2D eigenvalue weighted by molar-refractivity contribution is -0.155. The molecule has 1 aromatic carbocycles. The SMILES string of the molecule is COC[C@]1(C(=O)O)CCCN(C(=O)c2cc(C)c(OC)c(C)c2)C1. The first-order valence-corrected chi connectivity index (χ1v) is 8.01. The predicted molar refractivity (Wildman–Crippen MR) is 89.6 cm³/mol. The summed E-state index contributed by atoms with van der Waals surface area (Å²) in [5.41, 5.74) is 1.31. The molecule has 132 valence electrons. The van der Waals surface area contributed by atoms with Crippen LogP contribution in [-0.2, 0) is 9.53 Å². The van der Waals surface area contributed by atoms with Gasteiger partial charge in [0.1, 0.15) is 11.2 Å². The molecule has 0 saturated carbocycles. The highest BCUT2D eigenvalue weighted by Gasteiger charge is 2.44. The summed E-state index contributed by atoms with van der Waals surface area (Å²) in [5.74, 6) is -0.293. The molecule has 1 atom stereocenters. The summed E-state index contributed by atoms with van der Waals surface area (Å²) < 4.78 is 10.4. The number of aryl methyl sites for hydroxylation is 2. The number of aliphatic carboxylic acids is 1. The molecule has 2 rings (SSSR count). The van der Waals surface area contributed by atoms with E-state index in [1.165, 1.54) is 7.11 Å². The van der Waals surface area contributed by atoms with Crippen molar-refractivity contribution in [3.8, 4) is 5.75 Å². The Morgan fingerprint density at radius 3 is 2.38 bits per heavy atom. The predicted octanol–water partition coefficient (Wildman–Crippen LogP) is 2.27. The number of carbonyl (C=O) groups excluding carboxylic acids is 1. The summed E-state index contributed by atoms with van der Waals surface area (Å²) >= 11 is 0. The molecule has 1 amide bonds. The third-order valence-electron chi connectivity index (χ3n) is 4.65. The van der Waals surface area contributed by atoms with Gasteiger partial charge in [-0.1, -0.05) is 0 Å². The van der Waals surface area contributed by atoms with E-state index >= 15 is 0 Å². The van der Waals surface area contributed by atoms with Crippen molar-refractivity contribution >= 4 is 11.9 Å². The first-order valence-electron chi connectivity index (χ1n) is 8.01. The second-order valence-electron chi connectivity index (χ2n) is 6.49. The molecule has 6 heteroatoms. The van der Waals surface area contributed by atoms with Crippen LogP contribution in [0.4, 0.5) is 0 Å². The number of methoxy groups -OCH3 is 2. The zero-order valence-corrected chi connectivity index (χ0v) is 14.7. The third-order valence-corrected chi connectivity index (χ3v) is 4.65. The van der Waals surface area contributed by atoms with E-state index in [2.05, 4.69) is 0 Å². The first-order chi connectivity index (χ1) is 11.3. The molecule has 1 aromatic rings. The van der Waals surface area contributed by atoms with Crippen molar-refractivity contribution in [1.82, 2.24) is 4.90 Å². The van der Waals surface area contributed by atoms with Gasteiger partial charge in [0.05, 0.1) is 13.7 Å². The molecule has 0 aromatic heterocycles. The van der Waals surface area contributed by atoms with Crippen molar-refractivity contribution in [2.45, 2.75) is 26.7 Å². The fraction of sp³-hybridized carbons (Fsp3) is 0.556. The molecular weight excluding hydrogens is 310 g/mol. The molecule has 0 unspecified atom stereocenters. The van der Waals surface area contributed by atoms with E-state index in [1.807, 2.05) is 13.8 Å². The maximum atomic E-state index is 12.9. The third kappa shape index (κ3) is 3.38. The van der Waals surface area contributed by atoms with Crippen LogP contribution < -0.4 is 4.74 Å². The number of carbonyl (C=O) groups is 2. The van der Waals surface area contributed by atoms with Gasteiger partial charge in [-0.25, -0.2) is 0 Å². The van der Waals surface area contributed by atoms with Crippen molar-refractivity contribution in [2.75, 3.05) is 33.9 Å². The van der Waals surface area contributed by atoms with Gasteiger partial charge in [0, 0.05) is 25.8 Å². The second-order valence-corrected chi connectivity index (χ2v) is 6.49. The molecule has 0 aliphatic carbocycles. The molecule has 1 aliphatic rings. The largest absolute Gasteiger partial charge is 0.496 e. The fourth-order valence-corrected chi connectivity index (χ4v) is 3.51.